The van der Waals surface area contributed by atoms with Gasteiger partial charge in [-0.05, 0) is 18.6 Å². The van der Waals surface area contributed by atoms with Crippen LogP contribution < -0.4 is 5.32 Å². The molecule has 0 aromatic carbocycles. The SMILES string of the molecule is Cc1ccc(C2CNC2)cn1.Cl. The van der Waals surface area contributed by atoms with E-state index in [1.807, 2.05) is 13.1 Å². The first-order valence-corrected chi connectivity index (χ1v) is 3.99. The number of hydrogen-bond donors (Lipinski definition) is 1. The lowest BCUT2D eigenvalue weighted by atomic mass is 9.95. The van der Waals surface area contributed by atoms with Crippen LogP contribution in [-0.4, -0.2) is 18.1 Å². The average molecular weight is 185 g/mol. The quantitative estimate of drug-likeness (QED) is 0.716. The maximum atomic E-state index is 4.25. The van der Waals surface area contributed by atoms with Crippen molar-refractivity contribution in [3.63, 3.8) is 0 Å². The number of rotatable bonds is 1. The van der Waals surface area contributed by atoms with Gasteiger partial charge in [-0.3, -0.25) is 4.98 Å². The molecule has 0 aliphatic carbocycles. The fraction of sp³-hybridized carbons (Fsp3) is 0.444. The molecule has 2 heterocycles. The molecule has 1 aromatic heterocycles. The van der Waals surface area contributed by atoms with Gasteiger partial charge in [0.05, 0.1) is 0 Å². The average Bonchev–Trinajstić information content (AvgIpc) is 1.90. The minimum absolute atomic E-state index is 0. The van der Waals surface area contributed by atoms with Crippen molar-refractivity contribution in [2.75, 3.05) is 13.1 Å². The van der Waals surface area contributed by atoms with E-state index in [1.54, 1.807) is 0 Å². The van der Waals surface area contributed by atoms with Crippen molar-refractivity contribution in [2.24, 2.45) is 0 Å². The minimum atomic E-state index is 0. The smallest absolute Gasteiger partial charge is 0.0372 e. The first kappa shape index (κ1) is 9.49. The van der Waals surface area contributed by atoms with Crippen molar-refractivity contribution < 1.29 is 0 Å². The largest absolute Gasteiger partial charge is 0.315 e. The zero-order valence-electron chi connectivity index (χ0n) is 7.08. The van der Waals surface area contributed by atoms with Gasteiger partial charge in [-0.2, -0.15) is 0 Å². The Morgan fingerprint density at radius 2 is 2.17 bits per heavy atom. The highest BCUT2D eigenvalue weighted by Crippen LogP contribution is 2.18. The molecule has 2 rings (SSSR count). The Hall–Kier alpha value is -0.600. The van der Waals surface area contributed by atoms with Crippen LogP contribution in [0.25, 0.3) is 0 Å². The molecule has 1 fully saturated rings. The molecule has 12 heavy (non-hydrogen) atoms. The molecule has 0 bridgehead atoms. The standard InChI is InChI=1S/C9H12N2.ClH/c1-7-2-3-8(6-11-7)9-4-10-5-9;/h2-3,6,9-10H,4-5H2,1H3;1H. The third kappa shape index (κ3) is 1.76. The van der Waals surface area contributed by atoms with Crippen molar-refractivity contribution in [2.45, 2.75) is 12.8 Å². The topological polar surface area (TPSA) is 24.9 Å². The highest BCUT2D eigenvalue weighted by atomic mass is 35.5. The van der Waals surface area contributed by atoms with Gasteiger partial charge in [0, 0.05) is 30.9 Å². The van der Waals surface area contributed by atoms with Gasteiger partial charge in [0.15, 0.2) is 0 Å². The molecule has 1 aliphatic heterocycles. The van der Waals surface area contributed by atoms with E-state index < -0.39 is 0 Å². The van der Waals surface area contributed by atoms with Gasteiger partial charge >= 0.3 is 0 Å². The van der Waals surface area contributed by atoms with Crippen LogP contribution >= 0.6 is 12.4 Å². The number of hydrogen-bond acceptors (Lipinski definition) is 2. The van der Waals surface area contributed by atoms with E-state index in [9.17, 15) is 0 Å². The van der Waals surface area contributed by atoms with E-state index in [-0.39, 0.29) is 12.4 Å². The Morgan fingerprint density at radius 3 is 2.58 bits per heavy atom. The van der Waals surface area contributed by atoms with Crippen molar-refractivity contribution in [3.05, 3.63) is 29.6 Å². The van der Waals surface area contributed by atoms with E-state index >= 15 is 0 Å². The van der Waals surface area contributed by atoms with Gasteiger partial charge in [-0.1, -0.05) is 6.07 Å². The molecule has 0 amide bonds. The molecule has 0 atom stereocenters. The maximum absolute atomic E-state index is 4.25. The highest BCUT2D eigenvalue weighted by molar-refractivity contribution is 5.85. The van der Waals surface area contributed by atoms with Crippen LogP contribution in [0.1, 0.15) is 17.2 Å². The molecule has 1 aliphatic rings. The molecule has 3 heteroatoms. The lowest BCUT2D eigenvalue weighted by Gasteiger charge is -2.27. The molecule has 0 spiro atoms. The predicted octanol–water partition coefficient (Wildman–Crippen LogP) is 1.50. The monoisotopic (exact) mass is 184 g/mol. The zero-order valence-corrected chi connectivity index (χ0v) is 7.90. The Balaban J connectivity index is 0.000000720. The number of pyridine rings is 1. The van der Waals surface area contributed by atoms with E-state index in [0.717, 1.165) is 18.8 Å². The third-order valence-corrected chi connectivity index (χ3v) is 2.19. The second-order valence-electron chi connectivity index (χ2n) is 3.09. The summed E-state index contributed by atoms with van der Waals surface area (Å²) in [6, 6.07) is 4.25. The fourth-order valence-corrected chi connectivity index (χ4v) is 1.25. The summed E-state index contributed by atoms with van der Waals surface area (Å²) in [4.78, 5) is 4.25. The lowest BCUT2D eigenvalue weighted by molar-refractivity contribution is 0.447. The summed E-state index contributed by atoms with van der Waals surface area (Å²) in [5.74, 6) is 0.711. The fourth-order valence-electron chi connectivity index (χ4n) is 1.25. The lowest BCUT2D eigenvalue weighted by Crippen LogP contribution is -2.39. The maximum Gasteiger partial charge on any atom is 0.0372 e. The summed E-state index contributed by atoms with van der Waals surface area (Å²) < 4.78 is 0. The number of nitrogens with zero attached hydrogens (tertiary/aromatic N) is 1. The van der Waals surface area contributed by atoms with Gasteiger partial charge in [-0.15, -0.1) is 12.4 Å². The van der Waals surface area contributed by atoms with Gasteiger partial charge in [0.2, 0.25) is 0 Å². The summed E-state index contributed by atoms with van der Waals surface area (Å²) in [6.07, 6.45) is 1.99. The normalized spacial score (nSPS) is 16.4. The second kappa shape index (κ2) is 3.87. The first-order chi connectivity index (χ1) is 5.36. The highest BCUT2D eigenvalue weighted by Gasteiger charge is 2.18. The predicted molar refractivity (Wildman–Crippen MR) is 51.8 cm³/mol. The first-order valence-electron chi connectivity index (χ1n) is 3.99. The van der Waals surface area contributed by atoms with Crippen LogP contribution in [0.3, 0.4) is 0 Å². The van der Waals surface area contributed by atoms with Crippen LogP contribution in [0.4, 0.5) is 0 Å². The van der Waals surface area contributed by atoms with Gasteiger partial charge in [0.1, 0.15) is 0 Å². The summed E-state index contributed by atoms with van der Waals surface area (Å²) in [5, 5.41) is 3.25. The number of aryl methyl sites for hydroxylation is 1. The van der Waals surface area contributed by atoms with Crippen molar-refractivity contribution in [1.29, 1.82) is 0 Å². The molecule has 0 unspecified atom stereocenters. The van der Waals surface area contributed by atoms with Gasteiger partial charge in [0.25, 0.3) is 0 Å². The van der Waals surface area contributed by atoms with Crippen LogP contribution in [-0.2, 0) is 0 Å². The van der Waals surface area contributed by atoms with Gasteiger partial charge in [-0.25, -0.2) is 0 Å². The van der Waals surface area contributed by atoms with Crippen LogP contribution in [0.5, 0.6) is 0 Å². The molecular formula is C9H13ClN2. The van der Waals surface area contributed by atoms with Crippen LogP contribution in [0.2, 0.25) is 0 Å². The van der Waals surface area contributed by atoms with E-state index in [2.05, 4.69) is 22.4 Å². The Morgan fingerprint density at radius 1 is 1.42 bits per heavy atom. The summed E-state index contributed by atoms with van der Waals surface area (Å²) >= 11 is 0. The molecule has 1 aromatic rings. The Bertz CT molecular complexity index is 241. The van der Waals surface area contributed by atoms with Crippen molar-refractivity contribution >= 4 is 12.4 Å². The zero-order chi connectivity index (χ0) is 7.68. The Labute approximate surface area is 78.8 Å². The van der Waals surface area contributed by atoms with Crippen LogP contribution in [0, 0.1) is 6.92 Å². The van der Waals surface area contributed by atoms with Crippen LogP contribution in [0.15, 0.2) is 18.3 Å². The molecule has 0 radical (unpaired) electrons. The summed E-state index contributed by atoms with van der Waals surface area (Å²) in [7, 11) is 0. The molecule has 1 N–H and O–H groups in total. The molecule has 0 saturated carbocycles. The van der Waals surface area contributed by atoms with E-state index in [4.69, 9.17) is 0 Å². The van der Waals surface area contributed by atoms with E-state index in [1.165, 1.54) is 5.56 Å². The summed E-state index contributed by atoms with van der Waals surface area (Å²) in [5.41, 5.74) is 2.47. The molecular weight excluding hydrogens is 172 g/mol. The second-order valence-corrected chi connectivity index (χ2v) is 3.09. The van der Waals surface area contributed by atoms with E-state index in [0.29, 0.717) is 5.92 Å². The third-order valence-electron chi connectivity index (χ3n) is 2.19. The number of aromatic nitrogens is 1. The summed E-state index contributed by atoms with van der Waals surface area (Å²) in [6.45, 7) is 4.25. The molecule has 2 nitrogen and oxygen atoms in total. The van der Waals surface area contributed by atoms with Crippen molar-refractivity contribution in [3.8, 4) is 0 Å². The molecule has 1 saturated heterocycles. The number of nitrogens with one attached hydrogen (secondary N) is 1. The molecule has 66 valence electrons. The number of halogens is 1. The Kier molecular flexibility index (Phi) is 3.06. The minimum Gasteiger partial charge on any atom is -0.315 e. The van der Waals surface area contributed by atoms with Crippen molar-refractivity contribution in [1.82, 2.24) is 10.3 Å². The van der Waals surface area contributed by atoms with Gasteiger partial charge < -0.3 is 5.32 Å².